The Morgan fingerprint density at radius 2 is 2.38 bits per heavy atom. The summed E-state index contributed by atoms with van der Waals surface area (Å²) in [6.07, 6.45) is 1.15. The molecule has 0 aliphatic carbocycles. The van der Waals surface area contributed by atoms with Crippen LogP contribution in [-0.2, 0) is 4.74 Å². The zero-order valence-corrected chi connectivity index (χ0v) is 11.8. The molecule has 7 heteroatoms. The van der Waals surface area contributed by atoms with Crippen LogP contribution in [0.4, 0.5) is 5.82 Å². The normalized spacial score (nSPS) is 24.6. The number of aliphatic hydroxyl groups excluding tert-OH is 2. The lowest BCUT2D eigenvalue weighted by molar-refractivity contribution is -0.0458. The van der Waals surface area contributed by atoms with Gasteiger partial charge in [-0.25, -0.2) is 4.79 Å². The molecule has 2 rings (SSSR count). The highest BCUT2D eigenvalue weighted by atomic mass is 16.5. The second kappa shape index (κ2) is 6.72. The molecule has 1 aromatic heterocycles. The summed E-state index contributed by atoms with van der Waals surface area (Å²) in [5.74, 6) is 5.90. The third-order valence-electron chi connectivity index (χ3n) is 3.27. The molecule has 0 bridgehead atoms. The summed E-state index contributed by atoms with van der Waals surface area (Å²) in [6, 6.07) is 0. The number of nitrogens with zero attached hydrogens (tertiary/aromatic N) is 2. The minimum atomic E-state index is -0.820. The van der Waals surface area contributed by atoms with Gasteiger partial charge in [0.1, 0.15) is 18.1 Å². The summed E-state index contributed by atoms with van der Waals surface area (Å²) in [5.41, 5.74) is 5.58. The van der Waals surface area contributed by atoms with E-state index in [1.807, 2.05) is 6.92 Å². The first-order valence-corrected chi connectivity index (χ1v) is 6.88. The molecule has 0 radical (unpaired) electrons. The summed E-state index contributed by atoms with van der Waals surface area (Å²) in [4.78, 5) is 15.6. The maximum absolute atomic E-state index is 11.9. The number of rotatable bonds is 3. The van der Waals surface area contributed by atoms with Crippen LogP contribution in [0.5, 0.6) is 0 Å². The van der Waals surface area contributed by atoms with Gasteiger partial charge in [-0.1, -0.05) is 18.8 Å². The largest absolute Gasteiger partial charge is 0.394 e. The molecule has 4 N–H and O–H groups in total. The van der Waals surface area contributed by atoms with Crippen molar-refractivity contribution in [3.8, 4) is 11.8 Å². The number of hydrogen-bond acceptors (Lipinski definition) is 6. The second-order valence-corrected chi connectivity index (χ2v) is 4.90. The Balaban J connectivity index is 2.31. The van der Waals surface area contributed by atoms with E-state index in [1.54, 1.807) is 0 Å². The van der Waals surface area contributed by atoms with Gasteiger partial charge < -0.3 is 20.7 Å². The number of aromatic nitrogens is 2. The molecule has 0 spiro atoms. The molecule has 1 aliphatic rings. The van der Waals surface area contributed by atoms with Crippen molar-refractivity contribution in [3.05, 3.63) is 22.2 Å². The van der Waals surface area contributed by atoms with Gasteiger partial charge in [0.15, 0.2) is 0 Å². The van der Waals surface area contributed by atoms with Gasteiger partial charge in [0.05, 0.1) is 18.3 Å². The number of nitrogens with two attached hydrogens (primary N) is 1. The first-order valence-electron chi connectivity index (χ1n) is 6.88. The van der Waals surface area contributed by atoms with Gasteiger partial charge in [-0.05, 0) is 6.42 Å². The smallest absolute Gasteiger partial charge is 0.351 e. The molecule has 2 heterocycles. The van der Waals surface area contributed by atoms with Gasteiger partial charge in [0, 0.05) is 19.0 Å². The van der Waals surface area contributed by atoms with Crippen molar-refractivity contribution in [1.82, 2.24) is 9.55 Å². The van der Waals surface area contributed by atoms with Gasteiger partial charge in [-0.3, -0.25) is 4.57 Å². The molecule has 3 atom stereocenters. The van der Waals surface area contributed by atoms with Crippen molar-refractivity contribution in [1.29, 1.82) is 0 Å². The van der Waals surface area contributed by atoms with Gasteiger partial charge in [-0.15, -0.1) is 0 Å². The molecular weight excluding hydrogens is 274 g/mol. The van der Waals surface area contributed by atoms with Crippen LogP contribution in [0.25, 0.3) is 0 Å². The maximum atomic E-state index is 11.9. The van der Waals surface area contributed by atoms with E-state index in [1.165, 1.54) is 10.8 Å². The van der Waals surface area contributed by atoms with E-state index in [0.717, 1.165) is 12.8 Å². The van der Waals surface area contributed by atoms with E-state index in [0.29, 0.717) is 5.56 Å². The van der Waals surface area contributed by atoms with Gasteiger partial charge in [-0.2, -0.15) is 4.98 Å². The average molecular weight is 293 g/mol. The van der Waals surface area contributed by atoms with Crippen molar-refractivity contribution >= 4 is 5.82 Å². The summed E-state index contributed by atoms with van der Waals surface area (Å²) < 4.78 is 6.70. The molecule has 7 nitrogen and oxygen atoms in total. The second-order valence-electron chi connectivity index (χ2n) is 4.90. The lowest BCUT2D eigenvalue weighted by atomic mass is 10.2. The van der Waals surface area contributed by atoms with Crippen molar-refractivity contribution in [2.75, 3.05) is 12.3 Å². The SMILES string of the molecule is CCCC#Cc1cn([C@H]2C[C@H](O)[C@@H](CO)O2)c(=O)nc1N. The lowest BCUT2D eigenvalue weighted by Gasteiger charge is -2.14. The monoisotopic (exact) mass is 293 g/mol. The predicted molar refractivity (Wildman–Crippen MR) is 76.3 cm³/mol. The molecule has 114 valence electrons. The summed E-state index contributed by atoms with van der Waals surface area (Å²) in [5, 5.41) is 18.8. The van der Waals surface area contributed by atoms with Crippen LogP contribution in [0.15, 0.2) is 11.0 Å². The minimum Gasteiger partial charge on any atom is -0.394 e. The van der Waals surface area contributed by atoms with E-state index < -0.39 is 24.1 Å². The Morgan fingerprint density at radius 3 is 3.00 bits per heavy atom. The van der Waals surface area contributed by atoms with E-state index in [2.05, 4.69) is 16.8 Å². The van der Waals surface area contributed by atoms with Crippen LogP contribution in [0.3, 0.4) is 0 Å². The first-order chi connectivity index (χ1) is 10.1. The fourth-order valence-electron chi connectivity index (χ4n) is 2.12. The van der Waals surface area contributed by atoms with Gasteiger partial charge in [0.25, 0.3) is 0 Å². The highest BCUT2D eigenvalue weighted by Crippen LogP contribution is 2.27. The molecule has 0 unspecified atom stereocenters. The van der Waals surface area contributed by atoms with Crippen LogP contribution >= 0.6 is 0 Å². The van der Waals surface area contributed by atoms with Crippen LogP contribution in [-0.4, -0.2) is 38.6 Å². The number of unbranched alkanes of at least 4 members (excludes halogenated alkanes) is 1. The Hall–Kier alpha value is -1.88. The maximum Gasteiger partial charge on any atom is 0.351 e. The number of nitrogen functional groups attached to an aromatic ring is 1. The molecule has 1 fully saturated rings. The molecular formula is C14H19N3O4. The third kappa shape index (κ3) is 3.42. The Bertz CT molecular complexity index is 617. The standard InChI is InChI=1S/C14H19N3O4/c1-2-3-4-5-9-7-17(14(20)16-13(9)15)12-6-10(19)11(8-18)21-12/h7,10-12,18-19H,2-3,6,8H2,1H3,(H2,15,16,20)/t10-,11+,12+/m0/s1. The topological polar surface area (TPSA) is 111 Å². The van der Waals surface area contributed by atoms with Crippen molar-refractivity contribution in [2.24, 2.45) is 0 Å². The average Bonchev–Trinajstić information content (AvgIpc) is 2.82. The lowest BCUT2D eigenvalue weighted by Crippen LogP contribution is -2.28. The molecule has 1 aromatic rings. The molecule has 0 aromatic carbocycles. The summed E-state index contributed by atoms with van der Waals surface area (Å²) >= 11 is 0. The van der Waals surface area contributed by atoms with Crippen LogP contribution < -0.4 is 11.4 Å². The first kappa shape index (κ1) is 15.5. The minimum absolute atomic E-state index is 0.0807. The fourth-order valence-corrected chi connectivity index (χ4v) is 2.12. The molecule has 0 saturated carbocycles. The highest BCUT2D eigenvalue weighted by Gasteiger charge is 2.35. The van der Waals surface area contributed by atoms with Crippen molar-refractivity contribution in [3.63, 3.8) is 0 Å². The van der Waals surface area contributed by atoms with Crippen molar-refractivity contribution < 1.29 is 14.9 Å². The Labute approximate surface area is 122 Å². The van der Waals surface area contributed by atoms with E-state index in [9.17, 15) is 9.90 Å². The zero-order valence-electron chi connectivity index (χ0n) is 11.8. The van der Waals surface area contributed by atoms with E-state index in [4.69, 9.17) is 15.6 Å². The van der Waals surface area contributed by atoms with Gasteiger partial charge in [0.2, 0.25) is 0 Å². The zero-order chi connectivity index (χ0) is 15.4. The molecule has 1 aliphatic heterocycles. The van der Waals surface area contributed by atoms with Crippen LogP contribution in [0.1, 0.15) is 38.0 Å². The number of anilines is 1. The highest BCUT2D eigenvalue weighted by molar-refractivity contribution is 5.48. The number of aliphatic hydroxyl groups is 2. The predicted octanol–water partition coefficient (Wildman–Crippen LogP) is -0.382. The third-order valence-corrected chi connectivity index (χ3v) is 3.27. The van der Waals surface area contributed by atoms with Gasteiger partial charge >= 0.3 is 5.69 Å². The van der Waals surface area contributed by atoms with E-state index in [-0.39, 0.29) is 18.8 Å². The number of hydrogen-bond donors (Lipinski definition) is 3. The fraction of sp³-hybridized carbons (Fsp3) is 0.571. The van der Waals surface area contributed by atoms with E-state index >= 15 is 0 Å². The summed E-state index contributed by atoms with van der Waals surface area (Å²) in [7, 11) is 0. The molecule has 0 amide bonds. The Morgan fingerprint density at radius 1 is 1.62 bits per heavy atom. The van der Waals surface area contributed by atoms with Crippen LogP contribution in [0.2, 0.25) is 0 Å². The quantitative estimate of drug-likeness (QED) is 0.655. The van der Waals surface area contributed by atoms with Crippen molar-refractivity contribution in [2.45, 2.75) is 44.6 Å². The number of ether oxygens (including phenoxy) is 1. The molecule has 1 saturated heterocycles. The van der Waals surface area contributed by atoms with Crippen LogP contribution in [0, 0.1) is 11.8 Å². The molecule has 21 heavy (non-hydrogen) atoms. The summed E-state index contributed by atoms with van der Waals surface area (Å²) in [6.45, 7) is 1.71. The Kier molecular flexibility index (Phi) is 4.96.